The van der Waals surface area contributed by atoms with E-state index in [4.69, 9.17) is 11.6 Å². The van der Waals surface area contributed by atoms with E-state index >= 15 is 0 Å². The average Bonchev–Trinajstić information content (AvgIpc) is 2.19. The fraction of sp³-hybridized carbons (Fsp3) is 0.364. The first kappa shape index (κ1) is 13.4. The van der Waals surface area contributed by atoms with Crippen molar-refractivity contribution in [2.24, 2.45) is 0 Å². The summed E-state index contributed by atoms with van der Waals surface area (Å²) in [5.41, 5.74) is 1.42. The molecule has 5 nitrogen and oxygen atoms in total. The summed E-state index contributed by atoms with van der Waals surface area (Å²) in [4.78, 5) is 14.0. The third-order valence-corrected chi connectivity index (χ3v) is 2.14. The number of halogens is 1. The van der Waals surface area contributed by atoms with Crippen molar-refractivity contribution in [1.29, 1.82) is 0 Å². The lowest BCUT2D eigenvalue weighted by Gasteiger charge is -2.11. The lowest BCUT2D eigenvalue weighted by Crippen LogP contribution is -2.24. The van der Waals surface area contributed by atoms with Crippen molar-refractivity contribution >= 4 is 11.6 Å². The second-order valence-corrected chi connectivity index (χ2v) is 4.29. The van der Waals surface area contributed by atoms with Gasteiger partial charge in [-0.1, -0.05) is 17.7 Å². The molecule has 0 aliphatic heterocycles. The Hall–Kier alpha value is -1.62. The Morgan fingerprint density at radius 3 is 2.82 bits per heavy atom. The molecular formula is C11H14ClN3O2. The summed E-state index contributed by atoms with van der Waals surface area (Å²) in [5, 5.41) is 13.9. The van der Waals surface area contributed by atoms with E-state index < -0.39 is 4.92 Å². The van der Waals surface area contributed by atoms with Crippen molar-refractivity contribution in [3.05, 3.63) is 51.1 Å². The summed E-state index contributed by atoms with van der Waals surface area (Å²) in [6.07, 6.45) is 3.02. The van der Waals surface area contributed by atoms with Crippen molar-refractivity contribution in [2.45, 2.75) is 26.3 Å². The molecule has 0 saturated carbocycles. The first-order valence-electron chi connectivity index (χ1n) is 5.18. The van der Waals surface area contributed by atoms with Crippen LogP contribution in [0.2, 0.25) is 5.15 Å². The maximum atomic E-state index is 10.5. The zero-order valence-corrected chi connectivity index (χ0v) is 10.4. The molecule has 0 fully saturated rings. The minimum atomic E-state index is -0.464. The molecule has 1 aromatic heterocycles. The molecule has 0 radical (unpaired) electrons. The van der Waals surface area contributed by atoms with Gasteiger partial charge in [-0.3, -0.25) is 10.1 Å². The van der Waals surface area contributed by atoms with E-state index in [0.717, 1.165) is 11.8 Å². The Bertz CT molecular complexity index is 415. The highest BCUT2D eigenvalue weighted by Gasteiger charge is 2.06. The van der Waals surface area contributed by atoms with E-state index in [9.17, 15) is 10.1 Å². The Kier molecular flexibility index (Phi) is 4.90. The van der Waals surface area contributed by atoms with Crippen LogP contribution in [0.25, 0.3) is 0 Å². The fourth-order valence-electron chi connectivity index (χ4n) is 1.36. The fourth-order valence-corrected chi connectivity index (χ4v) is 1.47. The quantitative estimate of drug-likeness (QED) is 0.498. The molecule has 0 bridgehead atoms. The molecule has 6 heteroatoms. The van der Waals surface area contributed by atoms with Crippen molar-refractivity contribution in [3.63, 3.8) is 0 Å². The second-order valence-electron chi connectivity index (χ2n) is 3.90. The molecule has 1 aromatic rings. The van der Waals surface area contributed by atoms with Gasteiger partial charge in [0.1, 0.15) is 5.15 Å². The average molecular weight is 256 g/mol. The molecule has 0 unspecified atom stereocenters. The summed E-state index contributed by atoms with van der Waals surface area (Å²) in [6.45, 7) is 3.85. The molecule has 0 aliphatic carbocycles. The number of nitrogens with one attached hydrogen (secondary N) is 1. The monoisotopic (exact) mass is 255 g/mol. The molecule has 17 heavy (non-hydrogen) atoms. The van der Waals surface area contributed by atoms with Crippen LogP contribution in [0.3, 0.4) is 0 Å². The van der Waals surface area contributed by atoms with Gasteiger partial charge in [0.25, 0.3) is 6.20 Å². The molecule has 92 valence electrons. The predicted molar refractivity (Wildman–Crippen MR) is 66.3 cm³/mol. The molecule has 1 N–H and O–H groups in total. The smallest absolute Gasteiger partial charge is 0.253 e. The molecule has 0 saturated heterocycles. The molecular weight excluding hydrogens is 242 g/mol. The maximum Gasteiger partial charge on any atom is 0.253 e. The standard InChI is InChI=1S/C11H14ClN3O2/c1-8(2)14-10(7-15(16)17)5-9-3-4-11(12)13-6-9/h3-4,6-8,14H,5H2,1-2H3/b10-7-. The van der Waals surface area contributed by atoms with Crippen molar-refractivity contribution in [1.82, 2.24) is 10.3 Å². The normalized spacial score (nSPS) is 11.6. The molecule has 0 aromatic carbocycles. The first-order chi connectivity index (χ1) is 7.97. The van der Waals surface area contributed by atoms with Crippen LogP contribution in [0.5, 0.6) is 0 Å². The molecule has 0 spiro atoms. The van der Waals surface area contributed by atoms with Crippen molar-refractivity contribution in [3.8, 4) is 0 Å². The molecule has 1 heterocycles. The van der Waals surface area contributed by atoms with Crippen LogP contribution in [-0.2, 0) is 6.42 Å². The van der Waals surface area contributed by atoms with E-state index in [2.05, 4.69) is 10.3 Å². The second kappa shape index (κ2) is 6.20. The molecule has 1 rings (SSSR count). The zero-order valence-electron chi connectivity index (χ0n) is 9.68. The van der Waals surface area contributed by atoms with Gasteiger partial charge in [-0.25, -0.2) is 4.98 Å². The highest BCUT2D eigenvalue weighted by molar-refractivity contribution is 6.29. The number of pyridine rings is 1. The minimum Gasteiger partial charge on any atom is -0.381 e. The van der Waals surface area contributed by atoms with Crippen LogP contribution in [-0.4, -0.2) is 15.9 Å². The van der Waals surface area contributed by atoms with Gasteiger partial charge in [-0.15, -0.1) is 0 Å². The summed E-state index contributed by atoms with van der Waals surface area (Å²) >= 11 is 5.67. The van der Waals surface area contributed by atoms with E-state index in [1.807, 2.05) is 13.8 Å². The summed E-state index contributed by atoms with van der Waals surface area (Å²) in [6, 6.07) is 3.60. The Morgan fingerprint density at radius 2 is 2.35 bits per heavy atom. The zero-order chi connectivity index (χ0) is 12.8. The number of hydrogen-bond acceptors (Lipinski definition) is 4. The largest absolute Gasteiger partial charge is 0.381 e. The van der Waals surface area contributed by atoms with Gasteiger partial charge in [-0.2, -0.15) is 0 Å². The third-order valence-electron chi connectivity index (χ3n) is 1.92. The Balaban J connectivity index is 2.79. The van der Waals surface area contributed by atoms with Gasteiger partial charge in [0, 0.05) is 18.7 Å². The number of aromatic nitrogens is 1. The van der Waals surface area contributed by atoms with Crippen LogP contribution in [0, 0.1) is 10.1 Å². The number of allylic oxidation sites excluding steroid dienone is 1. The highest BCUT2D eigenvalue weighted by atomic mass is 35.5. The summed E-state index contributed by atoms with van der Waals surface area (Å²) in [7, 11) is 0. The van der Waals surface area contributed by atoms with E-state index in [1.54, 1.807) is 18.3 Å². The van der Waals surface area contributed by atoms with Gasteiger partial charge >= 0.3 is 0 Å². The summed E-state index contributed by atoms with van der Waals surface area (Å²) in [5.74, 6) is 0. The predicted octanol–water partition coefficient (Wildman–Crippen LogP) is 2.39. The molecule has 0 aliphatic rings. The van der Waals surface area contributed by atoms with Crippen LogP contribution < -0.4 is 5.32 Å². The van der Waals surface area contributed by atoms with E-state index in [1.165, 1.54) is 0 Å². The minimum absolute atomic E-state index is 0.140. The SMILES string of the molecule is CC(C)N/C(=C\[N+](=O)[O-])Cc1ccc(Cl)nc1. The van der Waals surface area contributed by atoms with E-state index in [0.29, 0.717) is 17.3 Å². The van der Waals surface area contributed by atoms with Crippen molar-refractivity contribution < 1.29 is 4.92 Å². The van der Waals surface area contributed by atoms with Gasteiger partial charge in [0.05, 0.1) is 10.6 Å². The maximum absolute atomic E-state index is 10.5. The highest BCUT2D eigenvalue weighted by Crippen LogP contribution is 2.09. The number of rotatable bonds is 5. The Morgan fingerprint density at radius 1 is 1.65 bits per heavy atom. The lowest BCUT2D eigenvalue weighted by molar-refractivity contribution is -0.403. The van der Waals surface area contributed by atoms with Crippen LogP contribution in [0.1, 0.15) is 19.4 Å². The van der Waals surface area contributed by atoms with Crippen LogP contribution in [0.4, 0.5) is 0 Å². The molecule has 0 atom stereocenters. The van der Waals surface area contributed by atoms with E-state index in [-0.39, 0.29) is 6.04 Å². The number of nitro groups is 1. The summed E-state index contributed by atoms with van der Waals surface area (Å²) < 4.78 is 0. The number of nitrogens with zero attached hydrogens (tertiary/aromatic N) is 2. The van der Waals surface area contributed by atoms with Crippen molar-refractivity contribution in [2.75, 3.05) is 0 Å². The Labute approximate surface area is 105 Å². The lowest BCUT2D eigenvalue weighted by atomic mass is 10.1. The third kappa shape index (κ3) is 5.31. The van der Waals surface area contributed by atoms with Gasteiger partial charge in [-0.05, 0) is 25.5 Å². The van der Waals surface area contributed by atoms with Gasteiger partial charge in [0.15, 0.2) is 0 Å². The topological polar surface area (TPSA) is 68.1 Å². The number of hydrogen-bond donors (Lipinski definition) is 1. The molecule has 0 amide bonds. The van der Waals surface area contributed by atoms with Gasteiger partial charge < -0.3 is 5.32 Å². The van der Waals surface area contributed by atoms with Crippen LogP contribution in [0.15, 0.2) is 30.2 Å². The van der Waals surface area contributed by atoms with Gasteiger partial charge in [0.2, 0.25) is 0 Å². The first-order valence-corrected chi connectivity index (χ1v) is 5.56. The van der Waals surface area contributed by atoms with Crippen LogP contribution >= 0.6 is 11.6 Å².